The van der Waals surface area contributed by atoms with Crippen molar-refractivity contribution in [2.45, 2.75) is 18.7 Å². The van der Waals surface area contributed by atoms with Gasteiger partial charge in [-0.2, -0.15) is 4.31 Å². The second-order valence-corrected chi connectivity index (χ2v) is 10.2. The minimum absolute atomic E-state index is 0.139. The molecule has 9 heteroatoms. The molecule has 0 aliphatic carbocycles. The molecule has 0 bridgehead atoms. The van der Waals surface area contributed by atoms with Crippen LogP contribution in [-0.4, -0.2) is 44.8 Å². The van der Waals surface area contributed by atoms with Crippen LogP contribution in [0.2, 0.25) is 0 Å². The standard InChI is InChI=1S/C25H25F2N3O3S/c1-17-5-3-8-24(18(17)2)29-11-13-30(14-12-29)34(32,33)21-9-10-23(27)22(16-21)25(31)28-20-7-4-6-19(26)15-20/h3-10,15-16H,11-14H2,1-2H3,(H,28,31). The van der Waals surface area contributed by atoms with Crippen LogP contribution in [0.5, 0.6) is 0 Å². The van der Waals surface area contributed by atoms with Gasteiger partial charge in [-0.1, -0.05) is 18.2 Å². The number of carbonyl (C=O) groups excluding carboxylic acids is 1. The van der Waals surface area contributed by atoms with Gasteiger partial charge in [0.2, 0.25) is 10.0 Å². The highest BCUT2D eigenvalue weighted by Gasteiger charge is 2.30. The second-order valence-electron chi connectivity index (χ2n) is 8.22. The Kier molecular flexibility index (Phi) is 6.67. The normalized spacial score (nSPS) is 14.8. The van der Waals surface area contributed by atoms with Crippen molar-refractivity contribution in [1.82, 2.24) is 4.31 Å². The molecule has 1 aliphatic rings. The molecule has 4 rings (SSSR count). The highest BCUT2D eigenvalue weighted by Crippen LogP contribution is 2.26. The number of amides is 1. The lowest BCUT2D eigenvalue weighted by Crippen LogP contribution is -2.48. The number of nitrogens with one attached hydrogen (secondary N) is 1. The SMILES string of the molecule is Cc1cccc(N2CCN(S(=O)(=O)c3ccc(F)c(C(=O)Nc4cccc(F)c4)c3)CC2)c1C. The molecule has 1 heterocycles. The van der Waals surface area contributed by atoms with E-state index in [1.165, 1.54) is 28.1 Å². The predicted octanol–water partition coefficient (Wildman–Crippen LogP) is 4.34. The van der Waals surface area contributed by atoms with Crippen LogP contribution >= 0.6 is 0 Å². The molecule has 3 aromatic rings. The Morgan fingerprint density at radius 3 is 2.32 bits per heavy atom. The van der Waals surface area contributed by atoms with Crippen molar-refractivity contribution in [2.75, 3.05) is 36.4 Å². The minimum Gasteiger partial charge on any atom is -0.369 e. The number of sulfonamides is 1. The van der Waals surface area contributed by atoms with E-state index in [1.807, 2.05) is 32.0 Å². The molecule has 34 heavy (non-hydrogen) atoms. The highest BCUT2D eigenvalue weighted by molar-refractivity contribution is 7.89. The number of nitrogens with zero attached hydrogens (tertiary/aromatic N) is 2. The summed E-state index contributed by atoms with van der Waals surface area (Å²) in [5.74, 6) is -2.29. The summed E-state index contributed by atoms with van der Waals surface area (Å²) in [7, 11) is -3.94. The first kappa shape index (κ1) is 23.8. The molecule has 3 aromatic carbocycles. The van der Waals surface area contributed by atoms with Gasteiger partial charge in [-0.05, 0) is 67.4 Å². The van der Waals surface area contributed by atoms with Gasteiger partial charge in [0.1, 0.15) is 11.6 Å². The van der Waals surface area contributed by atoms with Crippen LogP contribution < -0.4 is 10.2 Å². The first-order chi connectivity index (χ1) is 16.2. The summed E-state index contributed by atoms with van der Waals surface area (Å²) < 4.78 is 55.6. The lowest BCUT2D eigenvalue weighted by molar-refractivity contribution is 0.102. The molecule has 1 N–H and O–H groups in total. The van der Waals surface area contributed by atoms with E-state index in [0.29, 0.717) is 13.1 Å². The Morgan fingerprint density at radius 1 is 0.912 bits per heavy atom. The number of piperazine rings is 1. The molecule has 0 saturated carbocycles. The molecule has 0 spiro atoms. The summed E-state index contributed by atoms with van der Waals surface area (Å²) in [5, 5.41) is 2.40. The zero-order chi connectivity index (χ0) is 24.5. The average Bonchev–Trinajstić information content (AvgIpc) is 2.81. The molecule has 178 valence electrons. The van der Waals surface area contributed by atoms with E-state index in [1.54, 1.807) is 0 Å². The summed E-state index contributed by atoms with van der Waals surface area (Å²) in [6.45, 7) is 5.63. The number of hydrogen-bond acceptors (Lipinski definition) is 4. The Morgan fingerprint density at radius 2 is 1.62 bits per heavy atom. The molecule has 0 aromatic heterocycles. The Balaban J connectivity index is 1.51. The van der Waals surface area contributed by atoms with E-state index in [4.69, 9.17) is 0 Å². The number of aryl methyl sites for hydroxylation is 1. The maximum absolute atomic E-state index is 14.4. The quantitative estimate of drug-likeness (QED) is 0.584. The predicted molar refractivity (Wildman–Crippen MR) is 128 cm³/mol. The van der Waals surface area contributed by atoms with Crippen LogP contribution in [0, 0.1) is 25.5 Å². The van der Waals surface area contributed by atoms with E-state index in [0.717, 1.165) is 35.5 Å². The van der Waals surface area contributed by atoms with E-state index >= 15 is 0 Å². The molecule has 0 atom stereocenters. The maximum Gasteiger partial charge on any atom is 0.258 e. The van der Waals surface area contributed by atoms with Crippen LogP contribution in [0.1, 0.15) is 21.5 Å². The fourth-order valence-corrected chi connectivity index (χ4v) is 5.45. The van der Waals surface area contributed by atoms with Gasteiger partial charge in [-0.3, -0.25) is 4.79 Å². The molecule has 6 nitrogen and oxygen atoms in total. The number of halogens is 2. The average molecular weight is 486 g/mol. The van der Waals surface area contributed by atoms with E-state index in [2.05, 4.69) is 10.2 Å². The van der Waals surface area contributed by atoms with Crippen LogP contribution in [0.15, 0.2) is 65.6 Å². The highest BCUT2D eigenvalue weighted by atomic mass is 32.2. The van der Waals surface area contributed by atoms with Crippen molar-refractivity contribution in [1.29, 1.82) is 0 Å². The molecular weight excluding hydrogens is 460 g/mol. The monoisotopic (exact) mass is 485 g/mol. The lowest BCUT2D eigenvalue weighted by atomic mass is 10.1. The van der Waals surface area contributed by atoms with Crippen molar-refractivity contribution in [3.63, 3.8) is 0 Å². The van der Waals surface area contributed by atoms with Gasteiger partial charge in [0, 0.05) is 37.6 Å². The lowest BCUT2D eigenvalue weighted by Gasteiger charge is -2.36. The zero-order valence-electron chi connectivity index (χ0n) is 18.9. The van der Waals surface area contributed by atoms with Crippen molar-refractivity contribution < 1.29 is 22.0 Å². The minimum atomic E-state index is -3.94. The van der Waals surface area contributed by atoms with Gasteiger partial charge in [0.25, 0.3) is 5.91 Å². The first-order valence-corrected chi connectivity index (χ1v) is 12.3. The smallest absolute Gasteiger partial charge is 0.258 e. The van der Waals surface area contributed by atoms with E-state index in [9.17, 15) is 22.0 Å². The fraction of sp³-hybridized carbons (Fsp3) is 0.240. The summed E-state index contributed by atoms with van der Waals surface area (Å²) >= 11 is 0. The second kappa shape index (κ2) is 9.52. The van der Waals surface area contributed by atoms with E-state index in [-0.39, 0.29) is 23.7 Å². The van der Waals surface area contributed by atoms with Crippen LogP contribution in [0.4, 0.5) is 20.2 Å². The fourth-order valence-electron chi connectivity index (χ4n) is 4.00. The first-order valence-electron chi connectivity index (χ1n) is 10.8. The Bertz CT molecular complexity index is 1340. The molecule has 1 amide bonds. The largest absolute Gasteiger partial charge is 0.369 e. The molecule has 1 saturated heterocycles. The van der Waals surface area contributed by atoms with Crippen molar-refractivity contribution >= 4 is 27.3 Å². The summed E-state index contributed by atoms with van der Waals surface area (Å²) in [5.41, 5.74) is 3.11. The molecule has 0 unspecified atom stereocenters. The zero-order valence-corrected chi connectivity index (χ0v) is 19.7. The summed E-state index contributed by atoms with van der Waals surface area (Å²) in [6.07, 6.45) is 0. The molecule has 1 fully saturated rings. The summed E-state index contributed by atoms with van der Waals surface area (Å²) in [6, 6.07) is 14.3. The van der Waals surface area contributed by atoms with Gasteiger partial charge >= 0.3 is 0 Å². The third-order valence-corrected chi connectivity index (χ3v) is 7.95. The maximum atomic E-state index is 14.4. The van der Waals surface area contributed by atoms with Crippen LogP contribution in [0.3, 0.4) is 0 Å². The number of hydrogen-bond donors (Lipinski definition) is 1. The third-order valence-electron chi connectivity index (χ3n) is 6.06. The number of carbonyl (C=O) groups is 1. The topological polar surface area (TPSA) is 69.7 Å². The van der Waals surface area contributed by atoms with Gasteiger partial charge in [0.15, 0.2) is 0 Å². The van der Waals surface area contributed by atoms with Gasteiger partial charge in [-0.25, -0.2) is 17.2 Å². The molecule has 0 radical (unpaired) electrons. The van der Waals surface area contributed by atoms with Gasteiger partial charge < -0.3 is 10.2 Å². The third kappa shape index (κ3) is 4.80. The number of benzene rings is 3. The van der Waals surface area contributed by atoms with Crippen molar-refractivity contribution in [3.05, 3.63) is 89.0 Å². The number of anilines is 2. The van der Waals surface area contributed by atoms with E-state index < -0.39 is 33.1 Å². The molecular formula is C25H25F2N3O3S. The van der Waals surface area contributed by atoms with Gasteiger partial charge in [0.05, 0.1) is 10.5 Å². The Labute approximate surface area is 197 Å². The van der Waals surface area contributed by atoms with Crippen LogP contribution in [0.25, 0.3) is 0 Å². The van der Waals surface area contributed by atoms with Crippen molar-refractivity contribution in [2.24, 2.45) is 0 Å². The Hall–Kier alpha value is -3.30. The van der Waals surface area contributed by atoms with Crippen LogP contribution in [-0.2, 0) is 10.0 Å². The molecule has 1 aliphatic heterocycles. The summed E-state index contributed by atoms with van der Waals surface area (Å²) in [4.78, 5) is 14.6. The van der Waals surface area contributed by atoms with Gasteiger partial charge in [-0.15, -0.1) is 0 Å². The van der Waals surface area contributed by atoms with Crippen molar-refractivity contribution in [3.8, 4) is 0 Å². The number of rotatable bonds is 5.